The van der Waals surface area contributed by atoms with E-state index < -0.39 is 12.0 Å². The first-order valence-electron chi connectivity index (χ1n) is 6.30. The van der Waals surface area contributed by atoms with Crippen LogP contribution in [0.15, 0.2) is 41.8 Å². The van der Waals surface area contributed by atoms with E-state index in [9.17, 15) is 9.59 Å². The van der Waals surface area contributed by atoms with Crippen molar-refractivity contribution in [2.45, 2.75) is 19.4 Å². The third kappa shape index (κ3) is 3.09. The normalized spacial score (nSPS) is 17.6. The number of carbonyl (C=O) groups excluding carboxylic acids is 2. The van der Waals surface area contributed by atoms with Crippen LogP contribution in [-0.4, -0.2) is 18.6 Å². The first kappa shape index (κ1) is 13.9. The van der Waals surface area contributed by atoms with E-state index in [-0.39, 0.29) is 18.5 Å². The molecule has 0 saturated carbocycles. The zero-order chi connectivity index (χ0) is 14.5. The summed E-state index contributed by atoms with van der Waals surface area (Å²) < 4.78 is 10.5. The molecule has 0 aromatic heterocycles. The molecule has 1 aromatic rings. The standard InChI is InChI=1S/C14H16N2O4/c1-2-19-13(17)12-10(16-14(15)18)8-11(20-12)9-6-4-3-5-7-9/h3-7,11H,2,8H2,1H3,(H3,15,16,18). The predicted molar refractivity (Wildman–Crippen MR) is 71.3 cm³/mol. The summed E-state index contributed by atoms with van der Waals surface area (Å²) in [7, 11) is 0. The van der Waals surface area contributed by atoms with Gasteiger partial charge in [0.1, 0.15) is 6.10 Å². The average Bonchev–Trinajstić information content (AvgIpc) is 2.83. The number of carbonyl (C=O) groups is 2. The lowest BCUT2D eigenvalue weighted by atomic mass is 10.1. The molecule has 0 spiro atoms. The molecule has 1 aromatic carbocycles. The maximum atomic E-state index is 11.8. The van der Waals surface area contributed by atoms with Crippen LogP contribution in [0, 0.1) is 0 Å². The molecule has 106 valence electrons. The van der Waals surface area contributed by atoms with Gasteiger partial charge in [-0.2, -0.15) is 0 Å². The minimum Gasteiger partial charge on any atom is -0.477 e. The van der Waals surface area contributed by atoms with Crippen LogP contribution >= 0.6 is 0 Å². The Morgan fingerprint density at radius 3 is 2.70 bits per heavy atom. The summed E-state index contributed by atoms with van der Waals surface area (Å²) >= 11 is 0. The molecule has 0 bridgehead atoms. The minimum absolute atomic E-state index is 0.0134. The van der Waals surface area contributed by atoms with Crippen molar-refractivity contribution in [2.24, 2.45) is 5.73 Å². The van der Waals surface area contributed by atoms with Crippen LogP contribution in [0.1, 0.15) is 25.0 Å². The van der Waals surface area contributed by atoms with Crippen molar-refractivity contribution in [1.82, 2.24) is 5.32 Å². The highest BCUT2D eigenvalue weighted by Gasteiger charge is 2.32. The molecule has 6 nitrogen and oxygen atoms in total. The molecule has 1 heterocycles. The van der Waals surface area contributed by atoms with Gasteiger partial charge < -0.3 is 20.5 Å². The quantitative estimate of drug-likeness (QED) is 0.817. The molecule has 0 fully saturated rings. The van der Waals surface area contributed by atoms with Gasteiger partial charge in [-0.1, -0.05) is 30.3 Å². The fraction of sp³-hybridized carbons (Fsp3) is 0.286. The number of esters is 1. The Morgan fingerprint density at radius 1 is 1.40 bits per heavy atom. The van der Waals surface area contributed by atoms with Gasteiger partial charge in [0, 0.05) is 6.42 Å². The van der Waals surface area contributed by atoms with Gasteiger partial charge in [0.25, 0.3) is 0 Å². The van der Waals surface area contributed by atoms with E-state index in [1.807, 2.05) is 30.3 Å². The van der Waals surface area contributed by atoms with Crippen LogP contribution in [0.25, 0.3) is 0 Å². The van der Waals surface area contributed by atoms with E-state index in [1.165, 1.54) is 0 Å². The van der Waals surface area contributed by atoms with E-state index in [2.05, 4.69) is 5.32 Å². The zero-order valence-corrected chi connectivity index (χ0v) is 11.1. The second-order valence-corrected chi connectivity index (χ2v) is 4.24. The maximum Gasteiger partial charge on any atom is 0.375 e. The van der Waals surface area contributed by atoms with Gasteiger partial charge in [-0.25, -0.2) is 9.59 Å². The van der Waals surface area contributed by atoms with Crippen LogP contribution in [0.4, 0.5) is 4.79 Å². The molecule has 0 radical (unpaired) electrons. The van der Waals surface area contributed by atoms with Crippen molar-refractivity contribution >= 4 is 12.0 Å². The molecule has 1 aliphatic rings. The number of ether oxygens (including phenoxy) is 2. The van der Waals surface area contributed by atoms with Gasteiger partial charge in [0.15, 0.2) is 0 Å². The molecule has 0 saturated heterocycles. The topological polar surface area (TPSA) is 90.6 Å². The number of nitrogens with two attached hydrogens (primary N) is 1. The summed E-state index contributed by atoms with van der Waals surface area (Å²) in [4.78, 5) is 22.8. The fourth-order valence-electron chi connectivity index (χ4n) is 2.01. The minimum atomic E-state index is -0.737. The summed E-state index contributed by atoms with van der Waals surface area (Å²) in [6, 6.07) is 8.69. The summed E-state index contributed by atoms with van der Waals surface area (Å²) in [6.45, 7) is 1.93. The number of hydrogen-bond acceptors (Lipinski definition) is 4. The SMILES string of the molecule is CCOC(=O)C1=C(NC(N)=O)CC(c2ccccc2)O1. The summed E-state index contributed by atoms with van der Waals surface area (Å²) in [5, 5.41) is 2.42. The molecule has 1 unspecified atom stereocenters. The lowest BCUT2D eigenvalue weighted by Crippen LogP contribution is -2.29. The number of urea groups is 1. The lowest BCUT2D eigenvalue weighted by Gasteiger charge is -2.12. The van der Waals surface area contributed by atoms with Gasteiger partial charge in [0.2, 0.25) is 5.76 Å². The number of benzene rings is 1. The van der Waals surface area contributed by atoms with Crippen LogP contribution in [-0.2, 0) is 14.3 Å². The van der Waals surface area contributed by atoms with Gasteiger partial charge in [-0.15, -0.1) is 0 Å². The second-order valence-electron chi connectivity index (χ2n) is 4.24. The van der Waals surface area contributed by atoms with Gasteiger partial charge >= 0.3 is 12.0 Å². The van der Waals surface area contributed by atoms with Crippen molar-refractivity contribution < 1.29 is 19.1 Å². The highest BCUT2D eigenvalue weighted by atomic mass is 16.6. The van der Waals surface area contributed by atoms with E-state index in [0.717, 1.165) is 5.56 Å². The van der Waals surface area contributed by atoms with Crippen molar-refractivity contribution in [2.75, 3.05) is 6.61 Å². The van der Waals surface area contributed by atoms with E-state index in [1.54, 1.807) is 6.92 Å². The van der Waals surface area contributed by atoms with Crippen LogP contribution in [0.3, 0.4) is 0 Å². The molecule has 0 aliphatic carbocycles. The van der Waals surface area contributed by atoms with Gasteiger partial charge in [-0.05, 0) is 12.5 Å². The average molecular weight is 276 g/mol. The zero-order valence-electron chi connectivity index (χ0n) is 11.1. The van der Waals surface area contributed by atoms with Gasteiger partial charge in [-0.3, -0.25) is 0 Å². The molecule has 2 rings (SSSR count). The molecular weight excluding hydrogens is 260 g/mol. The molecule has 20 heavy (non-hydrogen) atoms. The summed E-state index contributed by atoms with van der Waals surface area (Å²) in [5.41, 5.74) is 6.37. The fourth-order valence-corrected chi connectivity index (χ4v) is 2.01. The van der Waals surface area contributed by atoms with Crippen molar-refractivity contribution in [1.29, 1.82) is 0 Å². The van der Waals surface area contributed by atoms with E-state index in [4.69, 9.17) is 15.2 Å². The lowest BCUT2D eigenvalue weighted by molar-refractivity contribution is -0.143. The molecule has 2 amide bonds. The van der Waals surface area contributed by atoms with Crippen molar-refractivity contribution in [3.05, 3.63) is 47.4 Å². The van der Waals surface area contributed by atoms with Gasteiger partial charge in [0.05, 0.1) is 12.3 Å². The molecule has 1 aliphatic heterocycles. The number of amides is 2. The first-order chi connectivity index (χ1) is 9.61. The Kier molecular flexibility index (Phi) is 4.24. The smallest absolute Gasteiger partial charge is 0.375 e. The monoisotopic (exact) mass is 276 g/mol. The number of rotatable bonds is 4. The molecule has 1 atom stereocenters. The number of nitrogens with one attached hydrogen (secondary N) is 1. The Labute approximate surface area is 116 Å². The Hall–Kier alpha value is -2.50. The summed E-state index contributed by atoms with van der Waals surface area (Å²) in [6.07, 6.45) is 0.0265. The predicted octanol–water partition coefficient (Wildman–Crippen LogP) is 1.59. The Morgan fingerprint density at radius 2 is 2.10 bits per heavy atom. The molecule has 6 heteroatoms. The molecular formula is C14H16N2O4. The molecule has 3 N–H and O–H groups in total. The largest absolute Gasteiger partial charge is 0.477 e. The first-order valence-corrected chi connectivity index (χ1v) is 6.30. The highest BCUT2D eigenvalue weighted by molar-refractivity contribution is 5.89. The second kappa shape index (κ2) is 6.10. The third-order valence-corrected chi connectivity index (χ3v) is 2.83. The van der Waals surface area contributed by atoms with Crippen LogP contribution in [0.5, 0.6) is 0 Å². The third-order valence-electron chi connectivity index (χ3n) is 2.83. The van der Waals surface area contributed by atoms with Crippen LogP contribution in [0.2, 0.25) is 0 Å². The summed E-state index contributed by atoms with van der Waals surface area (Å²) in [5.74, 6) is -0.589. The van der Waals surface area contributed by atoms with Crippen molar-refractivity contribution in [3.8, 4) is 0 Å². The number of primary amides is 1. The van der Waals surface area contributed by atoms with E-state index in [0.29, 0.717) is 12.1 Å². The van der Waals surface area contributed by atoms with E-state index >= 15 is 0 Å². The Bertz CT molecular complexity index is 539. The van der Waals surface area contributed by atoms with Crippen molar-refractivity contribution in [3.63, 3.8) is 0 Å². The Balaban J connectivity index is 2.20. The maximum absolute atomic E-state index is 11.8. The van der Waals surface area contributed by atoms with Crippen LogP contribution < -0.4 is 11.1 Å². The number of hydrogen-bond donors (Lipinski definition) is 2. The highest BCUT2D eigenvalue weighted by Crippen LogP contribution is 2.35.